The zero-order valence-corrected chi connectivity index (χ0v) is 12.6. The molecule has 0 bridgehead atoms. The molecule has 0 amide bonds. The van der Waals surface area contributed by atoms with Crippen molar-refractivity contribution in [3.05, 3.63) is 29.8 Å². The molecule has 0 aromatic heterocycles. The number of hydrogen-bond acceptors (Lipinski definition) is 3. The average molecular weight is 277 g/mol. The van der Waals surface area contributed by atoms with Gasteiger partial charge in [-0.3, -0.25) is 0 Å². The Hall–Kier alpha value is -1.06. The van der Waals surface area contributed by atoms with Crippen molar-refractivity contribution < 1.29 is 9.47 Å². The van der Waals surface area contributed by atoms with Crippen LogP contribution in [0.2, 0.25) is 0 Å². The summed E-state index contributed by atoms with van der Waals surface area (Å²) in [6.07, 6.45) is 6.56. The number of morpholine rings is 1. The number of nitrogens with one attached hydrogen (secondary N) is 1. The molecule has 1 atom stereocenters. The van der Waals surface area contributed by atoms with Crippen molar-refractivity contribution in [1.82, 2.24) is 5.32 Å². The van der Waals surface area contributed by atoms with Crippen LogP contribution in [0.3, 0.4) is 0 Å². The van der Waals surface area contributed by atoms with E-state index in [9.17, 15) is 0 Å². The van der Waals surface area contributed by atoms with Crippen LogP contribution in [0.1, 0.15) is 50.7 Å². The normalized spacial score (nSPS) is 18.9. The second-order valence-corrected chi connectivity index (χ2v) is 5.40. The zero-order valence-electron chi connectivity index (χ0n) is 12.6. The van der Waals surface area contributed by atoms with Crippen molar-refractivity contribution in [2.45, 2.75) is 45.1 Å². The molecule has 1 N–H and O–H groups in total. The number of hydrogen-bond donors (Lipinski definition) is 1. The monoisotopic (exact) mass is 277 g/mol. The highest BCUT2D eigenvalue weighted by atomic mass is 16.5. The third kappa shape index (κ3) is 5.14. The number of ether oxygens (including phenoxy) is 2. The summed E-state index contributed by atoms with van der Waals surface area (Å²) in [6, 6.07) is 8.34. The highest BCUT2D eigenvalue weighted by molar-refractivity contribution is 5.29. The molecule has 1 aliphatic rings. The second kappa shape index (κ2) is 8.98. The Kier molecular flexibility index (Phi) is 6.89. The smallest absolute Gasteiger partial charge is 0.119 e. The van der Waals surface area contributed by atoms with Gasteiger partial charge in [0.2, 0.25) is 0 Å². The Labute approximate surface area is 122 Å². The van der Waals surface area contributed by atoms with Crippen molar-refractivity contribution in [2.75, 3.05) is 26.3 Å². The maximum absolute atomic E-state index is 5.77. The van der Waals surface area contributed by atoms with Gasteiger partial charge in [0.05, 0.1) is 19.3 Å². The molecule has 20 heavy (non-hydrogen) atoms. The van der Waals surface area contributed by atoms with E-state index in [-0.39, 0.29) is 6.10 Å². The first-order chi connectivity index (χ1) is 9.90. The van der Waals surface area contributed by atoms with Crippen LogP contribution in [-0.2, 0) is 4.74 Å². The molecule has 0 aliphatic carbocycles. The van der Waals surface area contributed by atoms with E-state index < -0.39 is 0 Å². The molecule has 3 nitrogen and oxygen atoms in total. The Balaban J connectivity index is 1.68. The molecule has 3 heteroatoms. The minimum atomic E-state index is 0.187. The van der Waals surface area contributed by atoms with E-state index >= 15 is 0 Å². The molecule has 1 unspecified atom stereocenters. The first kappa shape index (κ1) is 15.3. The zero-order chi connectivity index (χ0) is 14.0. The Morgan fingerprint density at radius 2 is 1.95 bits per heavy atom. The van der Waals surface area contributed by atoms with Crippen LogP contribution in [0.25, 0.3) is 0 Å². The third-order valence-corrected chi connectivity index (χ3v) is 3.70. The van der Waals surface area contributed by atoms with Crippen LogP contribution in [0.5, 0.6) is 5.75 Å². The molecule has 2 rings (SSSR count). The molecule has 0 radical (unpaired) electrons. The molecule has 1 fully saturated rings. The van der Waals surface area contributed by atoms with Crippen molar-refractivity contribution in [1.29, 1.82) is 0 Å². The standard InChI is InChI=1S/C17H27NO2/c1-2-3-4-5-6-12-19-16-9-7-15(8-10-16)17-14-18-11-13-20-17/h7-10,17-18H,2-6,11-14H2,1H3. The minimum absolute atomic E-state index is 0.187. The van der Waals surface area contributed by atoms with Crippen LogP contribution in [0, 0.1) is 0 Å². The van der Waals surface area contributed by atoms with Gasteiger partial charge in [-0.05, 0) is 24.1 Å². The fraction of sp³-hybridized carbons (Fsp3) is 0.647. The van der Waals surface area contributed by atoms with Gasteiger partial charge in [-0.15, -0.1) is 0 Å². The van der Waals surface area contributed by atoms with Crippen LogP contribution in [-0.4, -0.2) is 26.3 Å². The van der Waals surface area contributed by atoms with Gasteiger partial charge in [0.25, 0.3) is 0 Å². The Bertz CT molecular complexity index is 358. The highest BCUT2D eigenvalue weighted by Crippen LogP contribution is 2.21. The summed E-state index contributed by atoms with van der Waals surface area (Å²) in [6.45, 7) is 5.71. The van der Waals surface area contributed by atoms with Crippen molar-refractivity contribution >= 4 is 0 Å². The van der Waals surface area contributed by atoms with Crippen molar-refractivity contribution in [3.63, 3.8) is 0 Å². The molecule has 1 aromatic carbocycles. The van der Waals surface area contributed by atoms with Gasteiger partial charge >= 0.3 is 0 Å². The van der Waals surface area contributed by atoms with E-state index in [0.717, 1.165) is 38.5 Å². The number of unbranched alkanes of at least 4 members (excludes halogenated alkanes) is 4. The van der Waals surface area contributed by atoms with Crippen molar-refractivity contribution in [2.24, 2.45) is 0 Å². The number of rotatable bonds is 8. The summed E-state index contributed by atoms with van der Waals surface area (Å²) in [5.74, 6) is 0.966. The maximum atomic E-state index is 5.77. The first-order valence-electron chi connectivity index (χ1n) is 7.95. The van der Waals surface area contributed by atoms with E-state index in [1.165, 1.54) is 31.2 Å². The van der Waals surface area contributed by atoms with Gasteiger partial charge in [-0.1, -0.05) is 44.7 Å². The number of benzene rings is 1. The van der Waals surface area contributed by atoms with Gasteiger partial charge in [0.1, 0.15) is 5.75 Å². The lowest BCUT2D eigenvalue weighted by molar-refractivity contribution is 0.0277. The Morgan fingerprint density at radius 1 is 1.15 bits per heavy atom. The largest absolute Gasteiger partial charge is 0.494 e. The fourth-order valence-electron chi connectivity index (χ4n) is 2.45. The van der Waals surface area contributed by atoms with Crippen LogP contribution in [0.15, 0.2) is 24.3 Å². The molecule has 1 aliphatic heterocycles. The van der Waals surface area contributed by atoms with E-state index in [2.05, 4.69) is 36.5 Å². The summed E-state index contributed by atoms with van der Waals surface area (Å²) in [5.41, 5.74) is 1.23. The molecular weight excluding hydrogens is 250 g/mol. The average Bonchev–Trinajstić information content (AvgIpc) is 2.52. The van der Waals surface area contributed by atoms with Crippen molar-refractivity contribution in [3.8, 4) is 5.75 Å². The van der Waals surface area contributed by atoms with Crippen LogP contribution in [0.4, 0.5) is 0 Å². The fourth-order valence-corrected chi connectivity index (χ4v) is 2.45. The van der Waals surface area contributed by atoms with Gasteiger partial charge < -0.3 is 14.8 Å². The molecule has 1 saturated heterocycles. The Morgan fingerprint density at radius 3 is 2.65 bits per heavy atom. The van der Waals surface area contributed by atoms with Crippen LogP contribution >= 0.6 is 0 Å². The van der Waals surface area contributed by atoms with Gasteiger partial charge in [-0.25, -0.2) is 0 Å². The predicted molar refractivity (Wildman–Crippen MR) is 82.3 cm³/mol. The highest BCUT2D eigenvalue weighted by Gasteiger charge is 2.15. The van der Waals surface area contributed by atoms with E-state index in [1.54, 1.807) is 0 Å². The SMILES string of the molecule is CCCCCCCOc1ccc(C2CNCCO2)cc1. The summed E-state index contributed by atoms with van der Waals surface area (Å²) < 4.78 is 11.5. The van der Waals surface area contributed by atoms with Gasteiger partial charge in [0, 0.05) is 13.1 Å². The quantitative estimate of drug-likeness (QED) is 0.735. The summed E-state index contributed by atoms with van der Waals surface area (Å²) >= 11 is 0. The lowest BCUT2D eigenvalue weighted by Crippen LogP contribution is -2.33. The molecule has 112 valence electrons. The molecule has 1 heterocycles. The second-order valence-electron chi connectivity index (χ2n) is 5.40. The van der Waals surface area contributed by atoms with Crippen LogP contribution < -0.4 is 10.1 Å². The summed E-state index contributed by atoms with van der Waals surface area (Å²) in [7, 11) is 0. The van der Waals surface area contributed by atoms with E-state index in [0.29, 0.717) is 0 Å². The topological polar surface area (TPSA) is 30.5 Å². The lowest BCUT2D eigenvalue weighted by Gasteiger charge is -2.24. The molecule has 0 saturated carbocycles. The van der Waals surface area contributed by atoms with E-state index in [1.807, 2.05) is 0 Å². The third-order valence-electron chi connectivity index (χ3n) is 3.70. The minimum Gasteiger partial charge on any atom is -0.494 e. The summed E-state index contributed by atoms with van der Waals surface area (Å²) in [4.78, 5) is 0. The first-order valence-corrected chi connectivity index (χ1v) is 7.95. The molecule has 0 spiro atoms. The lowest BCUT2D eigenvalue weighted by atomic mass is 10.1. The molecule has 1 aromatic rings. The van der Waals surface area contributed by atoms with E-state index in [4.69, 9.17) is 9.47 Å². The maximum Gasteiger partial charge on any atom is 0.119 e. The summed E-state index contributed by atoms with van der Waals surface area (Å²) in [5, 5.41) is 3.35. The van der Waals surface area contributed by atoms with Gasteiger partial charge in [-0.2, -0.15) is 0 Å². The molecular formula is C17H27NO2. The predicted octanol–water partition coefficient (Wildman–Crippen LogP) is 3.70. The van der Waals surface area contributed by atoms with Gasteiger partial charge in [0.15, 0.2) is 0 Å².